The molecule has 0 saturated heterocycles. The number of carbonyl (C=O) groups is 1. The monoisotopic (exact) mass is 499 g/mol. The van der Waals surface area contributed by atoms with Gasteiger partial charge in [-0.15, -0.1) is 21.5 Å². The Morgan fingerprint density at radius 3 is 2.73 bits per heavy atom. The number of amides is 1. The van der Waals surface area contributed by atoms with Crippen LogP contribution in [0.5, 0.6) is 0 Å². The van der Waals surface area contributed by atoms with E-state index in [1.54, 1.807) is 11.3 Å². The highest BCUT2D eigenvalue weighted by Gasteiger charge is 2.32. The third-order valence-corrected chi connectivity index (χ3v) is 8.57. The Bertz CT molecular complexity index is 1220. The van der Waals surface area contributed by atoms with E-state index in [1.807, 2.05) is 35.9 Å². The fourth-order valence-electron chi connectivity index (χ4n) is 4.12. The molecule has 0 radical (unpaired) electrons. The molecule has 6 nitrogen and oxygen atoms in total. The third kappa shape index (κ3) is 5.11. The summed E-state index contributed by atoms with van der Waals surface area (Å²) >= 11 is 8.84. The number of carbonyl (C=O) groups excluding carboxylic acids is 1. The maximum atomic E-state index is 12.7. The number of thiophene rings is 1. The van der Waals surface area contributed by atoms with Gasteiger partial charge in [-0.05, 0) is 60.4 Å². The number of nitrogens with one attached hydrogen (secondary N) is 1. The predicted octanol–water partition coefficient (Wildman–Crippen LogP) is 5.95. The highest BCUT2D eigenvalue weighted by atomic mass is 35.5. The second-order valence-corrected chi connectivity index (χ2v) is 11.8. The van der Waals surface area contributed by atoms with Crippen LogP contribution >= 0.6 is 34.7 Å². The summed E-state index contributed by atoms with van der Waals surface area (Å²) in [5.74, 6) is 1.32. The van der Waals surface area contributed by atoms with Crippen LogP contribution in [-0.4, -0.2) is 26.4 Å². The van der Waals surface area contributed by atoms with Gasteiger partial charge in [0.15, 0.2) is 11.0 Å². The first-order valence-corrected chi connectivity index (χ1v) is 13.0. The molecule has 3 aromatic rings. The van der Waals surface area contributed by atoms with Gasteiger partial charge in [0.25, 0.3) is 0 Å². The van der Waals surface area contributed by atoms with Crippen molar-refractivity contribution in [2.24, 2.45) is 18.4 Å². The van der Waals surface area contributed by atoms with Gasteiger partial charge in [0.1, 0.15) is 11.1 Å². The van der Waals surface area contributed by atoms with Gasteiger partial charge in [-0.1, -0.05) is 44.1 Å². The highest BCUT2D eigenvalue weighted by Crippen LogP contribution is 2.44. The molecule has 172 valence electrons. The zero-order valence-electron chi connectivity index (χ0n) is 19.1. The second kappa shape index (κ2) is 9.49. The number of aromatic nitrogens is 3. The Kier molecular flexibility index (Phi) is 6.85. The molecule has 0 fully saturated rings. The average Bonchev–Trinajstić information content (AvgIpc) is 3.31. The van der Waals surface area contributed by atoms with Crippen LogP contribution in [0.15, 0.2) is 29.4 Å². The van der Waals surface area contributed by atoms with E-state index >= 15 is 0 Å². The summed E-state index contributed by atoms with van der Waals surface area (Å²) in [6.07, 6.45) is 2.94. The molecule has 2 heterocycles. The normalized spacial score (nSPS) is 15.7. The van der Waals surface area contributed by atoms with Crippen LogP contribution in [0.1, 0.15) is 43.2 Å². The SMILES string of the molecule is Cn1c(SCC(=O)Nc2sc3c(c2C#N)CCC(C(C)(C)C)C3)nnc1-c1ccc(Cl)cc1. The number of benzene rings is 1. The lowest BCUT2D eigenvalue weighted by atomic mass is 9.72. The molecular formula is C24H26ClN5OS2. The van der Waals surface area contributed by atoms with Crippen LogP contribution in [0, 0.1) is 22.7 Å². The summed E-state index contributed by atoms with van der Waals surface area (Å²) in [4.78, 5) is 13.9. The molecular weight excluding hydrogens is 474 g/mol. The summed E-state index contributed by atoms with van der Waals surface area (Å²) in [7, 11) is 1.87. The van der Waals surface area contributed by atoms with E-state index in [9.17, 15) is 10.1 Å². The van der Waals surface area contributed by atoms with Crippen molar-refractivity contribution in [3.63, 3.8) is 0 Å². The van der Waals surface area contributed by atoms with Crippen molar-refractivity contribution >= 4 is 45.6 Å². The van der Waals surface area contributed by atoms with Crippen molar-refractivity contribution in [3.05, 3.63) is 45.3 Å². The van der Waals surface area contributed by atoms with Gasteiger partial charge in [-0.2, -0.15) is 5.26 Å². The molecule has 1 unspecified atom stereocenters. The van der Waals surface area contributed by atoms with Crippen LogP contribution in [0.25, 0.3) is 11.4 Å². The molecule has 9 heteroatoms. The Labute approximate surface area is 207 Å². The Hall–Kier alpha value is -2.34. The third-order valence-electron chi connectivity index (χ3n) is 6.12. The number of fused-ring (bicyclic) bond motifs is 1. The first kappa shape index (κ1) is 23.8. The van der Waals surface area contributed by atoms with Gasteiger partial charge >= 0.3 is 0 Å². The molecule has 4 rings (SSSR count). The molecule has 0 aliphatic heterocycles. The van der Waals surface area contributed by atoms with Gasteiger partial charge in [0.05, 0.1) is 11.3 Å². The number of hydrogen-bond donors (Lipinski definition) is 1. The first-order valence-electron chi connectivity index (χ1n) is 10.8. The van der Waals surface area contributed by atoms with Gasteiger partial charge in [-0.3, -0.25) is 4.79 Å². The molecule has 0 bridgehead atoms. The number of halogens is 1. The van der Waals surface area contributed by atoms with Crippen molar-refractivity contribution < 1.29 is 4.79 Å². The van der Waals surface area contributed by atoms with E-state index in [2.05, 4.69) is 42.4 Å². The first-order chi connectivity index (χ1) is 15.7. The lowest BCUT2D eigenvalue weighted by Gasteiger charge is -2.33. The average molecular weight is 500 g/mol. The molecule has 33 heavy (non-hydrogen) atoms. The number of nitrogens with zero attached hydrogens (tertiary/aromatic N) is 4. The van der Waals surface area contributed by atoms with Crippen LogP contribution in [0.2, 0.25) is 5.02 Å². The van der Waals surface area contributed by atoms with Crippen molar-refractivity contribution in [1.82, 2.24) is 14.8 Å². The molecule has 1 aliphatic carbocycles. The zero-order valence-corrected chi connectivity index (χ0v) is 21.5. The number of rotatable bonds is 5. The Balaban J connectivity index is 1.43. The summed E-state index contributed by atoms with van der Waals surface area (Å²) in [5, 5.41) is 23.2. The largest absolute Gasteiger partial charge is 0.316 e. The molecule has 1 N–H and O–H groups in total. The van der Waals surface area contributed by atoms with Gasteiger partial charge < -0.3 is 9.88 Å². The molecule has 0 saturated carbocycles. The topological polar surface area (TPSA) is 83.6 Å². The standard InChI is InChI=1S/C24H26ClN5OS2/c1-24(2,3)15-7-10-17-18(12-26)22(33-19(17)11-15)27-20(31)13-32-23-29-28-21(30(23)4)14-5-8-16(25)9-6-14/h5-6,8-9,15H,7,10-11,13H2,1-4H3,(H,27,31). The van der Waals surface area contributed by atoms with E-state index in [-0.39, 0.29) is 17.1 Å². The maximum absolute atomic E-state index is 12.7. The molecule has 1 aromatic carbocycles. The minimum absolute atomic E-state index is 0.154. The zero-order chi connectivity index (χ0) is 23.8. The lowest BCUT2D eigenvalue weighted by Crippen LogP contribution is -2.26. The summed E-state index contributed by atoms with van der Waals surface area (Å²) in [6.45, 7) is 6.81. The smallest absolute Gasteiger partial charge is 0.235 e. The lowest BCUT2D eigenvalue weighted by molar-refractivity contribution is -0.113. The summed E-state index contributed by atoms with van der Waals surface area (Å²) in [5.41, 5.74) is 2.88. The van der Waals surface area contributed by atoms with Crippen LogP contribution in [0.4, 0.5) is 5.00 Å². The quantitative estimate of drug-likeness (QED) is 0.438. The van der Waals surface area contributed by atoms with E-state index in [4.69, 9.17) is 11.6 Å². The Morgan fingerprint density at radius 2 is 2.06 bits per heavy atom. The number of hydrogen-bond acceptors (Lipinski definition) is 6. The second-order valence-electron chi connectivity index (χ2n) is 9.33. The minimum atomic E-state index is -0.154. The van der Waals surface area contributed by atoms with Gasteiger partial charge in [0, 0.05) is 22.5 Å². The van der Waals surface area contributed by atoms with Gasteiger partial charge in [-0.25, -0.2) is 0 Å². The fourth-order valence-corrected chi connectivity index (χ4v) is 6.25. The van der Waals surface area contributed by atoms with E-state index < -0.39 is 0 Å². The number of anilines is 1. The van der Waals surface area contributed by atoms with Crippen LogP contribution in [0.3, 0.4) is 0 Å². The van der Waals surface area contributed by atoms with Crippen LogP contribution < -0.4 is 5.32 Å². The minimum Gasteiger partial charge on any atom is -0.316 e. The van der Waals surface area contributed by atoms with E-state index in [0.717, 1.165) is 30.4 Å². The summed E-state index contributed by atoms with van der Waals surface area (Å²) in [6, 6.07) is 9.72. The molecule has 2 aromatic heterocycles. The van der Waals surface area contributed by atoms with Gasteiger partial charge in [0.2, 0.25) is 5.91 Å². The number of thioether (sulfide) groups is 1. The van der Waals surface area contributed by atoms with E-state index in [1.165, 1.54) is 16.6 Å². The van der Waals surface area contributed by atoms with Crippen molar-refractivity contribution in [2.75, 3.05) is 11.1 Å². The van der Waals surface area contributed by atoms with Crippen molar-refractivity contribution in [1.29, 1.82) is 5.26 Å². The van der Waals surface area contributed by atoms with Crippen molar-refractivity contribution in [2.45, 2.75) is 45.2 Å². The maximum Gasteiger partial charge on any atom is 0.235 e. The molecule has 1 aliphatic rings. The molecule has 0 spiro atoms. The molecule has 1 amide bonds. The van der Waals surface area contributed by atoms with E-state index in [0.29, 0.717) is 32.5 Å². The number of nitriles is 1. The predicted molar refractivity (Wildman–Crippen MR) is 135 cm³/mol. The fraction of sp³-hybridized carbons (Fsp3) is 0.417. The van der Waals surface area contributed by atoms with Crippen LogP contribution in [-0.2, 0) is 24.7 Å². The summed E-state index contributed by atoms with van der Waals surface area (Å²) < 4.78 is 1.86. The van der Waals surface area contributed by atoms with Crippen molar-refractivity contribution in [3.8, 4) is 17.5 Å². The highest BCUT2D eigenvalue weighted by molar-refractivity contribution is 7.99. The Morgan fingerprint density at radius 1 is 1.33 bits per heavy atom. The molecule has 1 atom stereocenters.